The zero-order valence-corrected chi connectivity index (χ0v) is 12.8. The van der Waals surface area contributed by atoms with Crippen LogP contribution in [0.5, 0.6) is 0 Å². The van der Waals surface area contributed by atoms with Crippen LogP contribution in [-0.2, 0) is 11.3 Å². The third-order valence-corrected chi connectivity index (χ3v) is 4.31. The molecule has 1 amide bonds. The Hall–Kier alpha value is -2.75. The van der Waals surface area contributed by atoms with Gasteiger partial charge in [0.15, 0.2) is 0 Å². The zero-order valence-electron chi connectivity index (χ0n) is 12.8. The number of hydrogen-bond acceptors (Lipinski definition) is 3. The summed E-state index contributed by atoms with van der Waals surface area (Å²) in [6.45, 7) is 1.52. The second kappa shape index (κ2) is 5.80. The molecule has 4 nitrogen and oxygen atoms in total. The lowest BCUT2D eigenvalue weighted by Gasteiger charge is -2.16. The quantitative estimate of drug-likeness (QED) is 0.874. The van der Waals surface area contributed by atoms with E-state index in [1.165, 1.54) is 5.56 Å². The summed E-state index contributed by atoms with van der Waals surface area (Å²) in [7, 11) is 0. The van der Waals surface area contributed by atoms with Gasteiger partial charge in [-0.15, -0.1) is 0 Å². The second-order valence-corrected chi connectivity index (χ2v) is 5.81. The van der Waals surface area contributed by atoms with Gasteiger partial charge >= 0.3 is 0 Å². The van der Waals surface area contributed by atoms with E-state index in [2.05, 4.69) is 22.1 Å². The first-order valence-corrected chi connectivity index (χ1v) is 7.87. The van der Waals surface area contributed by atoms with Crippen LogP contribution in [0.4, 0.5) is 5.69 Å². The fourth-order valence-corrected chi connectivity index (χ4v) is 3.08. The minimum atomic E-state index is 0.216. The van der Waals surface area contributed by atoms with Gasteiger partial charge in [-0.25, -0.2) is 0 Å². The number of pyridine rings is 1. The Bertz CT molecular complexity index is 809. The number of amides is 1. The minimum absolute atomic E-state index is 0.216. The molecular formula is C19H17N3O. The Labute approximate surface area is 135 Å². The number of nitrogens with zero attached hydrogens (tertiary/aromatic N) is 3. The molecule has 114 valence electrons. The number of aliphatic imine (C=N–C) groups is 1. The molecule has 2 aromatic rings. The predicted molar refractivity (Wildman–Crippen MR) is 91.5 cm³/mol. The van der Waals surface area contributed by atoms with Gasteiger partial charge in [-0.3, -0.25) is 14.8 Å². The van der Waals surface area contributed by atoms with E-state index in [4.69, 9.17) is 0 Å². The van der Waals surface area contributed by atoms with Crippen LogP contribution in [0.15, 0.2) is 53.8 Å². The van der Waals surface area contributed by atoms with Gasteiger partial charge < -0.3 is 4.90 Å². The molecule has 23 heavy (non-hydrogen) atoms. The highest BCUT2D eigenvalue weighted by molar-refractivity contribution is 6.14. The lowest BCUT2D eigenvalue weighted by atomic mass is 10.0. The van der Waals surface area contributed by atoms with Crippen molar-refractivity contribution in [2.24, 2.45) is 4.99 Å². The molecule has 0 bridgehead atoms. The Morgan fingerprint density at radius 1 is 1.09 bits per heavy atom. The molecule has 0 radical (unpaired) electrons. The van der Waals surface area contributed by atoms with Crippen molar-refractivity contribution in [3.63, 3.8) is 0 Å². The molecule has 0 atom stereocenters. The fourth-order valence-electron chi connectivity index (χ4n) is 3.08. The Balaban J connectivity index is 1.62. The maximum Gasteiger partial charge on any atom is 0.227 e. The molecule has 2 aliphatic heterocycles. The fraction of sp³-hybridized carbons (Fsp3) is 0.211. The Morgan fingerprint density at radius 3 is 2.74 bits per heavy atom. The van der Waals surface area contributed by atoms with E-state index in [-0.39, 0.29) is 5.91 Å². The maximum atomic E-state index is 11.9. The molecule has 0 spiro atoms. The van der Waals surface area contributed by atoms with Crippen LogP contribution in [0.2, 0.25) is 0 Å². The van der Waals surface area contributed by atoms with Gasteiger partial charge in [0.05, 0.1) is 12.3 Å². The van der Waals surface area contributed by atoms with Crippen LogP contribution >= 0.6 is 0 Å². The van der Waals surface area contributed by atoms with Crippen LogP contribution in [-0.4, -0.2) is 23.1 Å². The standard InChI is InChI=1S/C19H17N3O/c23-19-2-1-11-22(19)16-5-4-15-13-21-18(17(15)12-16)6-3-14-7-9-20-10-8-14/h3-10,12H,1-2,11,13H2/b6-3+. The summed E-state index contributed by atoms with van der Waals surface area (Å²) in [5.41, 5.74) is 5.41. The zero-order chi connectivity index (χ0) is 15.6. The summed E-state index contributed by atoms with van der Waals surface area (Å²) in [4.78, 5) is 22.5. The molecule has 0 N–H and O–H groups in total. The molecule has 2 aliphatic rings. The number of fused-ring (bicyclic) bond motifs is 1. The average molecular weight is 303 g/mol. The largest absolute Gasteiger partial charge is 0.312 e. The molecular weight excluding hydrogens is 286 g/mol. The predicted octanol–water partition coefficient (Wildman–Crippen LogP) is 3.22. The average Bonchev–Trinajstić information content (AvgIpc) is 3.19. The second-order valence-electron chi connectivity index (χ2n) is 5.81. The highest BCUT2D eigenvalue weighted by Gasteiger charge is 2.23. The highest BCUT2D eigenvalue weighted by atomic mass is 16.2. The molecule has 1 aromatic carbocycles. The van der Waals surface area contributed by atoms with E-state index in [1.54, 1.807) is 12.4 Å². The van der Waals surface area contributed by atoms with Crippen molar-refractivity contribution < 1.29 is 4.79 Å². The highest BCUT2D eigenvalue weighted by Crippen LogP contribution is 2.28. The lowest BCUT2D eigenvalue weighted by Crippen LogP contribution is -2.23. The van der Waals surface area contributed by atoms with Crippen molar-refractivity contribution in [2.45, 2.75) is 19.4 Å². The molecule has 1 fully saturated rings. The summed E-state index contributed by atoms with van der Waals surface area (Å²) < 4.78 is 0. The third-order valence-electron chi connectivity index (χ3n) is 4.31. The van der Waals surface area contributed by atoms with Gasteiger partial charge in [0.1, 0.15) is 0 Å². The molecule has 0 aliphatic carbocycles. The number of carbonyl (C=O) groups excluding carboxylic acids is 1. The van der Waals surface area contributed by atoms with E-state index in [1.807, 2.05) is 35.3 Å². The van der Waals surface area contributed by atoms with Crippen molar-refractivity contribution in [1.82, 2.24) is 4.98 Å². The third kappa shape index (κ3) is 2.68. The normalized spacial score (nSPS) is 17.0. The number of anilines is 1. The molecule has 4 rings (SSSR count). The molecule has 0 unspecified atom stereocenters. The SMILES string of the molecule is O=C1CCCN1c1ccc2c(c1)C(/C=C/c1ccncc1)=NC2. The first-order valence-electron chi connectivity index (χ1n) is 7.87. The number of rotatable bonds is 3. The number of hydrogen-bond donors (Lipinski definition) is 0. The van der Waals surface area contributed by atoms with Gasteiger partial charge in [-0.2, -0.15) is 0 Å². The summed E-state index contributed by atoms with van der Waals surface area (Å²) in [5, 5.41) is 0. The van der Waals surface area contributed by atoms with Crippen molar-refractivity contribution in [3.8, 4) is 0 Å². The molecule has 0 saturated carbocycles. The van der Waals surface area contributed by atoms with Gasteiger partial charge in [0.2, 0.25) is 5.91 Å². The van der Waals surface area contributed by atoms with E-state index in [0.717, 1.165) is 35.5 Å². The van der Waals surface area contributed by atoms with Crippen molar-refractivity contribution in [2.75, 3.05) is 11.4 Å². The van der Waals surface area contributed by atoms with E-state index in [0.29, 0.717) is 13.0 Å². The van der Waals surface area contributed by atoms with Crippen molar-refractivity contribution in [3.05, 3.63) is 65.5 Å². The Morgan fingerprint density at radius 2 is 1.96 bits per heavy atom. The molecule has 1 saturated heterocycles. The molecule has 1 aromatic heterocycles. The van der Waals surface area contributed by atoms with E-state index >= 15 is 0 Å². The summed E-state index contributed by atoms with van der Waals surface area (Å²) in [6, 6.07) is 10.2. The van der Waals surface area contributed by atoms with E-state index < -0.39 is 0 Å². The van der Waals surface area contributed by atoms with Gasteiger partial charge in [-0.05, 0) is 47.9 Å². The van der Waals surface area contributed by atoms with Crippen LogP contribution in [0.1, 0.15) is 29.5 Å². The lowest BCUT2D eigenvalue weighted by molar-refractivity contribution is -0.117. The van der Waals surface area contributed by atoms with Gasteiger partial charge in [-0.1, -0.05) is 12.1 Å². The summed E-state index contributed by atoms with van der Waals surface area (Å²) in [5.74, 6) is 0.216. The van der Waals surface area contributed by atoms with Crippen LogP contribution < -0.4 is 4.90 Å². The summed E-state index contributed by atoms with van der Waals surface area (Å²) in [6.07, 6.45) is 9.24. The molecule has 4 heteroatoms. The minimum Gasteiger partial charge on any atom is -0.312 e. The van der Waals surface area contributed by atoms with Crippen molar-refractivity contribution >= 4 is 23.4 Å². The van der Waals surface area contributed by atoms with Crippen LogP contribution in [0.3, 0.4) is 0 Å². The first-order chi connectivity index (χ1) is 11.3. The van der Waals surface area contributed by atoms with Gasteiger partial charge in [0, 0.05) is 36.6 Å². The first kappa shape index (κ1) is 13.9. The smallest absolute Gasteiger partial charge is 0.227 e. The number of benzene rings is 1. The van der Waals surface area contributed by atoms with Gasteiger partial charge in [0.25, 0.3) is 0 Å². The monoisotopic (exact) mass is 303 g/mol. The number of carbonyl (C=O) groups is 1. The summed E-state index contributed by atoms with van der Waals surface area (Å²) >= 11 is 0. The molecule has 3 heterocycles. The number of aromatic nitrogens is 1. The van der Waals surface area contributed by atoms with E-state index in [9.17, 15) is 4.79 Å². The maximum absolute atomic E-state index is 11.9. The topological polar surface area (TPSA) is 45.6 Å². The Kier molecular flexibility index (Phi) is 3.50. The van der Waals surface area contributed by atoms with Crippen molar-refractivity contribution in [1.29, 1.82) is 0 Å². The van der Waals surface area contributed by atoms with Crippen LogP contribution in [0, 0.1) is 0 Å². The number of allylic oxidation sites excluding steroid dienone is 1. The van der Waals surface area contributed by atoms with Crippen LogP contribution in [0.25, 0.3) is 6.08 Å².